The van der Waals surface area contributed by atoms with Crippen molar-refractivity contribution in [3.8, 4) is 0 Å². The maximum atomic E-state index is 11.8. The van der Waals surface area contributed by atoms with Gasteiger partial charge in [-0.2, -0.15) is 0 Å². The number of amides is 1. The fraction of sp³-hybridized carbons (Fsp3) is 0.500. The SMILES string of the molecule is Cc1ccc(SCCC(=O)N2CCC(O)C2)cc1. The van der Waals surface area contributed by atoms with Crippen LogP contribution in [-0.2, 0) is 4.79 Å². The van der Waals surface area contributed by atoms with Crippen LogP contribution in [0.25, 0.3) is 0 Å². The molecule has 0 aliphatic carbocycles. The van der Waals surface area contributed by atoms with Gasteiger partial charge in [0.1, 0.15) is 0 Å². The third-order valence-electron chi connectivity index (χ3n) is 3.12. The van der Waals surface area contributed by atoms with E-state index in [1.54, 1.807) is 16.7 Å². The summed E-state index contributed by atoms with van der Waals surface area (Å²) in [6, 6.07) is 8.34. The maximum Gasteiger partial charge on any atom is 0.223 e. The molecule has 1 amide bonds. The molecule has 0 spiro atoms. The van der Waals surface area contributed by atoms with E-state index in [1.165, 1.54) is 10.5 Å². The van der Waals surface area contributed by atoms with Crippen molar-refractivity contribution >= 4 is 17.7 Å². The second-order valence-electron chi connectivity index (χ2n) is 4.69. The van der Waals surface area contributed by atoms with Crippen LogP contribution in [0, 0.1) is 6.92 Å². The predicted molar refractivity (Wildman–Crippen MR) is 73.7 cm³/mol. The van der Waals surface area contributed by atoms with E-state index in [1.807, 2.05) is 0 Å². The monoisotopic (exact) mass is 265 g/mol. The molecule has 1 aromatic carbocycles. The zero-order valence-electron chi connectivity index (χ0n) is 10.6. The highest BCUT2D eigenvalue weighted by Crippen LogP contribution is 2.20. The molecule has 18 heavy (non-hydrogen) atoms. The Balaban J connectivity index is 1.72. The van der Waals surface area contributed by atoms with E-state index in [-0.39, 0.29) is 12.0 Å². The molecular weight excluding hydrogens is 246 g/mol. The van der Waals surface area contributed by atoms with Crippen molar-refractivity contribution in [3.63, 3.8) is 0 Å². The summed E-state index contributed by atoms with van der Waals surface area (Å²) in [7, 11) is 0. The van der Waals surface area contributed by atoms with E-state index in [9.17, 15) is 9.90 Å². The Morgan fingerprint density at radius 3 is 2.78 bits per heavy atom. The van der Waals surface area contributed by atoms with Crippen LogP contribution < -0.4 is 0 Å². The molecule has 4 heteroatoms. The van der Waals surface area contributed by atoms with Crippen LogP contribution >= 0.6 is 11.8 Å². The number of aliphatic hydroxyl groups excluding tert-OH is 1. The van der Waals surface area contributed by atoms with Crippen LogP contribution in [-0.4, -0.2) is 40.9 Å². The Morgan fingerprint density at radius 2 is 2.17 bits per heavy atom. The molecule has 3 nitrogen and oxygen atoms in total. The molecule has 98 valence electrons. The number of hydrogen-bond donors (Lipinski definition) is 1. The third-order valence-corrected chi connectivity index (χ3v) is 4.14. The zero-order valence-corrected chi connectivity index (χ0v) is 11.4. The average Bonchev–Trinajstić information content (AvgIpc) is 2.78. The number of nitrogens with zero attached hydrogens (tertiary/aromatic N) is 1. The van der Waals surface area contributed by atoms with E-state index >= 15 is 0 Å². The Labute approximate surface area is 112 Å². The summed E-state index contributed by atoms with van der Waals surface area (Å²) in [4.78, 5) is 14.8. The lowest BCUT2D eigenvalue weighted by Gasteiger charge is -2.15. The van der Waals surface area contributed by atoms with E-state index < -0.39 is 0 Å². The lowest BCUT2D eigenvalue weighted by molar-refractivity contribution is -0.130. The zero-order chi connectivity index (χ0) is 13.0. The van der Waals surface area contributed by atoms with Crippen LogP contribution in [0.3, 0.4) is 0 Å². The minimum absolute atomic E-state index is 0.158. The van der Waals surface area contributed by atoms with Gasteiger partial charge in [0.2, 0.25) is 5.91 Å². The average molecular weight is 265 g/mol. The number of thioether (sulfide) groups is 1. The first-order valence-electron chi connectivity index (χ1n) is 6.30. The van der Waals surface area contributed by atoms with Gasteiger partial charge in [0.25, 0.3) is 0 Å². The third kappa shape index (κ3) is 3.75. The molecule has 0 radical (unpaired) electrons. The standard InChI is InChI=1S/C14H19NO2S/c1-11-2-4-13(5-3-11)18-9-7-14(17)15-8-6-12(16)10-15/h2-5,12,16H,6-10H2,1H3. The first-order valence-corrected chi connectivity index (χ1v) is 7.29. The number of carbonyl (C=O) groups is 1. The molecular formula is C14H19NO2S. The Kier molecular flexibility index (Phi) is 4.66. The lowest BCUT2D eigenvalue weighted by atomic mass is 10.2. The van der Waals surface area contributed by atoms with Gasteiger partial charge in [-0.1, -0.05) is 17.7 Å². The highest BCUT2D eigenvalue weighted by atomic mass is 32.2. The van der Waals surface area contributed by atoms with Crippen molar-refractivity contribution in [2.45, 2.75) is 30.8 Å². The molecule has 1 aromatic rings. The normalized spacial score (nSPS) is 19.2. The van der Waals surface area contributed by atoms with E-state index in [2.05, 4.69) is 31.2 Å². The van der Waals surface area contributed by atoms with Crippen molar-refractivity contribution in [2.75, 3.05) is 18.8 Å². The Morgan fingerprint density at radius 1 is 1.44 bits per heavy atom. The summed E-state index contributed by atoms with van der Waals surface area (Å²) in [5.41, 5.74) is 1.25. The van der Waals surface area contributed by atoms with E-state index in [4.69, 9.17) is 0 Å². The van der Waals surface area contributed by atoms with Crippen LogP contribution in [0.1, 0.15) is 18.4 Å². The number of aliphatic hydroxyl groups is 1. The van der Waals surface area contributed by atoms with Gasteiger partial charge in [0.05, 0.1) is 6.10 Å². The molecule has 1 heterocycles. The van der Waals surface area contributed by atoms with Gasteiger partial charge in [-0.05, 0) is 25.5 Å². The minimum Gasteiger partial charge on any atom is -0.391 e. The number of β-amino-alcohol motifs (C(OH)–C–C–N with tert-alkyl or cyclic N) is 1. The van der Waals surface area contributed by atoms with Gasteiger partial charge in [-0.15, -0.1) is 11.8 Å². The van der Waals surface area contributed by atoms with E-state index in [0.717, 1.165) is 12.2 Å². The summed E-state index contributed by atoms with van der Waals surface area (Å²) in [6.07, 6.45) is 0.945. The Hall–Kier alpha value is -1.00. The second-order valence-corrected chi connectivity index (χ2v) is 5.86. The second kappa shape index (κ2) is 6.25. The van der Waals surface area contributed by atoms with Crippen LogP contribution in [0.2, 0.25) is 0 Å². The molecule has 1 fully saturated rings. The number of rotatable bonds is 4. The summed E-state index contributed by atoms with van der Waals surface area (Å²) in [5.74, 6) is 0.959. The van der Waals surface area contributed by atoms with E-state index in [0.29, 0.717) is 19.5 Å². The number of hydrogen-bond acceptors (Lipinski definition) is 3. The smallest absolute Gasteiger partial charge is 0.223 e. The van der Waals surface area contributed by atoms with Gasteiger partial charge < -0.3 is 10.0 Å². The molecule has 1 N–H and O–H groups in total. The van der Waals surface area contributed by atoms with Crippen molar-refractivity contribution in [2.24, 2.45) is 0 Å². The minimum atomic E-state index is -0.321. The maximum absolute atomic E-state index is 11.8. The Bertz CT molecular complexity index is 405. The fourth-order valence-electron chi connectivity index (χ4n) is 2.02. The predicted octanol–water partition coefficient (Wildman–Crippen LogP) is 2.07. The van der Waals surface area contributed by atoms with Gasteiger partial charge in [-0.3, -0.25) is 4.79 Å². The fourth-order valence-corrected chi connectivity index (χ4v) is 2.86. The van der Waals surface area contributed by atoms with Crippen molar-refractivity contribution < 1.29 is 9.90 Å². The first-order chi connectivity index (χ1) is 8.65. The molecule has 1 aliphatic rings. The molecule has 0 bridgehead atoms. The van der Waals surface area contributed by atoms with Gasteiger partial charge >= 0.3 is 0 Å². The number of likely N-dealkylation sites (tertiary alicyclic amines) is 1. The van der Waals surface area contributed by atoms with Crippen molar-refractivity contribution in [1.29, 1.82) is 0 Å². The van der Waals surface area contributed by atoms with Crippen molar-refractivity contribution in [3.05, 3.63) is 29.8 Å². The van der Waals surface area contributed by atoms with Gasteiger partial charge in [-0.25, -0.2) is 0 Å². The van der Waals surface area contributed by atoms with Crippen LogP contribution in [0.4, 0.5) is 0 Å². The van der Waals surface area contributed by atoms with Crippen LogP contribution in [0.15, 0.2) is 29.2 Å². The molecule has 0 saturated carbocycles. The van der Waals surface area contributed by atoms with Crippen LogP contribution in [0.5, 0.6) is 0 Å². The van der Waals surface area contributed by atoms with Gasteiger partial charge in [0.15, 0.2) is 0 Å². The summed E-state index contributed by atoms with van der Waals surface area (Å²) in [6.45, 7) is 3.28. The number of benzene rings is 1. The summed E-state index contributed by atoms with van der Waals surface area (Å²) >= 11 is 1.71. The molecule has 0 aromatic heterocycles. The number of aryl methyl sites for hydroxylation is 1. The quantitative estimate of drug-likeness (QED) is 0.847. The largest absolute Gasteiger partial charge is 0.391 e. The topological polar surface area (TPSA) is 40.5 Å². The van der Waals surface area contributed by atoms with Crippen molar-refractivity contribution in [1.82, 2.24) is 4.90 Å². The highest BCUT2D eigenvalue weighted by Gasteiger charge is 2.23. The first kappa shape index (κ1) is 13.4. The molecule has 1 saturated heterocycles. The highest BCUT2D eigenvalue weighted by molar-refractivity contribution is 7.99. The lowest BCUT2D eigenvalue weighted by Crippen LogP contribution is -2.29. The summed E-state index contributed by atoms with van der Waals surface area (Å²) < 4.78 is 0. The molecule has 1 unspecified atom stereocenters. The molecule has 2 rings (SSSR count). The molecule has 1 atom stereocenters. The van der Waals surface area contributed by atoms with Gasteiger partial charge in [0, 0.05) is 30.2 Å². The molecule has 1 aliphatic heterocycles. The summed E-state index contributed by atoms with van der Waals surface area (Å²) in [5, 5.41) is 9.38. The number of carbonyl (C=O) groups excluding carboxylic acids is 1.